The Kier molecular flexibility index (Phi) is 6.59. The van der Waals surface area contributed by atoms with Gasteiger partial charge in [0, 0.05) is 24.5 Å². The van der Waals surface area contributed by atoms with Crippen LogP contribution in [0.15, 0.2) is 41.4 Å². The predicted octanol–water partition coefficient (Wildman–Crippen LogP) is 1.96. The number of nitro benzene ring substituents is 1. The molecule has 0 saturated carbocycles. The zero-order valence-corrected chi connectivity index (χ0v) is 22.8. The number of alkyl halides is 1. The summed E-state index contributed by atoms with van der Waals surface area (Å²) < 4.78 is 35.0. The molecule has 2 unspecified atom stereocenters. The monoisotopic (exact) mass is 626 g/mol. The standard InChI is InChI=1S/C22H19BrN4O9S2/c1-12(28)36-18(16-8-15-11-38(33,34)7-6-25(15)24-16)22(23)20(30)26-17(10-37-21(22)26)19(29)35-9-13-2-4-14(5-3-13)27(31)32/h2-5,8,10,18,21H,6-7,9,11H2,1H3/t18?,21-,22?/m1/s1. The molecule has 0 aliphatic carbocycles. The highest BCUT2D eigenvalue weighted by Crippen LogP contribution is 2.58. The molecule has 13 nitrogen and oxygen atoms in total. The summed E-state index contributed by atoms with van der Waals surface area (Å²) in [7, 11) is -3.28. The zero-order chi connectivity index (χ0) is 27.4. The Morgan fingerprint density at radius 2 is 2.05 bits per heavy atom. The molecule has 0 spiro atoms. The third-order valence-electron chi connectivity index (χ3n) is 6.23. The van der Waals surface area contributed by atoms with Crippen LogP contribution in [0.4, 0.5) is 5.69 Å². The number of aryl methyl sites for hydroxylation is 1. The fraction of sp³-hybridized carbons (Fsp3) is 0.364. The van der Waals surface area contributed by atoms with Crippen molar-refractivity contribution >= 4 is 61.1 Å². The largest absolute Gasteiger partial charge is 0.456 e. The van der Waals surface area contributed by atoms with Gasteiger partial charge in [-0.2, -0.15) is 5.10 Å². The Balaban J connectivity index is 1.32. The van der Waals surface area contributed by atoms with Crippen molar-refractivity contribution in [3.05, 3.63) is 68.5 Å². The van der Waals surface area contributed by atoms with Gasteiger partial charge >= 0.3 is 11.9 Å². The van der Waals surface area contributed by atoms with Gasteiger partial charge in [0.05, 0.1) is 28.7 Å². The van der Waals surface area contributed by atoms with Gasteiger partial charge in [-0.1, -0.05) is 15.9 Å². The lowest BCUT2D eigenvalue weighted by Crippen LogP contribution is -2.70. The second kappa shape index (κ2) is 9.50. The number of hydrogen-bond acceptors (Lipinski definition) is 11. The fourth-order valence-electron chi connectivity index (χ4n) is 4.39. The normalized spacial score (nSPS) is 23.9. The number of rotatable bonds is 7. The van der Waals surface area contributed by atoms with Crippen LogP contribution in [0.5, 0.6) is 0 Å². The Morgan fingerprint density at radius 1 is 1.34 bits per heavy atom. The van der Waals surface area contributed by atoms with Crippen LogP contribution in [-0.4, -0.2) is 61.3 Å². The fourth-order valence-corrected chi connectivity index (χ4v) is 7.94. The van der Waals surface area contributed by atoms with E-state index in [0.29, 0.717) is 11.3 Å². The van der Waals surface area contributed by atoms with Gasteiger partial charge in [-0.25, -0.2) is 13.2 Å². The number of aromatic nitrogens is 2. The summed E-state index contributed by atoms with van der Waals surface area (Å²) in [6, 6.07) is 7.02. The van der Waals surface area contributed by atoms with Crippen LogP contribution >= 0.6 is 27.7 Å². The highest BCUT2D eigenvalue weighted by Gasteiger charge is 2.69. The molecule has 1 fully saturated rings. The number of amides is 1. The van der Waals surface area contributed by atoms with Crippen molar-refractivity contribution in [3.63, 3.8) is 0 Å². The lowest BCUT2D eigenvalue weighted by Gasteiger charge is -2.51. The summed E-state index contributed by atoms with van der Waals surface area (Å²) >= 11 is 4.61. The first-order chi connectivity index (χ1) is 17.9. The van der Waals surface area contributed by atoms with E-state index >= 15 is 0 Å². The highest BCUT2D eigenvalue weighted by atomic mass is 79.9. The van der Waals surface area contributed by atoms with Crippen LogP contribution in [0.2, 0.25) is 0 Å². The number of benzene rings is 1. The molecule has 0 radical (unpaired) electrons. The van der Waals surface area contributed by atoms with E-state index in [1.165, 1.54) is 52.2 Å². The van der Waals surface area contributed by atoms with Crippen LogP contribution in [0, 0.1) is 10.1 Å². The Bertz CT molecular complexity index is 1500. The average Bonchev–Trinajstić information content (AvgIpc) is 3.47. The molecular formula is C22H19BrN4O9S2. The molecule has 0 bridgehead atoms. The Labute approximate surface area is 228 Å². The van der Waals surface area contributed by atoms with Crippen LogP contribution in [-0.2, 0) is 52.6 Å². The van der Waals surface area contributed by atoms with E-state index in [-0.39, 0.29) is 41.7 Å². The zero-order valence-electron chi connectivity index (χ0n) is 19.6. The van der Waals surface area contributed by atoms with Gasteiger partial charge in [0.1, 0.15) is 23.4 Å². The molecule has 200 valence electrons. The number of non-ortho nitro benzene ring substituents is 1. The Morgan fingerprint density at radius 3 is 2.71 bits per heavy atom. The van der Waals surface area contributed by atoms with E-state index in [4.69, 9.17) is 9.47 Å². The topological polar surface area (TPSA) is 168 Å². The SMILES string of the molecule is CC(=O)OC(c1cc2n(n1)CCS(=O)(=O)C2)C1(Br)C(=O)N2C(C(=O)OCc3ccc([N+](=O)[O-])cc3)=CS[C@@H]21. The summed E-state index contributed by atoms with van der Waals surface area (Å²) in [6.07, 6.45) is -1.19. The van der Waals surface area contributed by atoms with E-state index in [1.807, 2.05) is 0 Å². The third-order valence-corrected chi connectivity index (χ3v) is 10.5. The molecule has 38 heavy (non-hydrogen) atoms. The first-order valence-electron chi connectivity index (χ1n) is 11.1. The van der Waals surface area contributed by atoms with Crippen molar-refractivity contribution < 1.29 is 37.2 Å². The first-order valence-corrected chi connectivity index (χ1v) is 14.7. The van der Waals surface area contributed by atoms with Crippen molar-refractivity contribution in [2.24, 2.45) is 0 Å². The average molecular weight is 627 g/mol. The van der Waals surface area contributed by atoms with Crippen LogP contribution in [0.25, 0.3) is 0 Å². The van der Waals surface area contributed by atoms with Crippen molar-refractivity contribution in [3.8, 4) is 0 Å². The molecule has 16 heteroatoms. The minimum atomic E-state index is -3.28. The molecule has 1 aromatic carbocycles. The summed E-state index contributed by atoms with van der Waals surface area (Å²) in [4.78, 5) is 49.7. The quantitative estimate of drug-likeness (QED) is 0.145. The number of carbonyl (C=O) groups excluding carboxylic acids is 3. The number of ether oxygens (including phenoxy) is 2. The summed E-state index contributed by atoms with van der Waals surface area (Å²) in [6.45, 7) is 1.17. The van der Waals surface area contributed by atoms with E-state index in [0.717, 1.165) is 11.8 Å². The molecule has 3 aliphatic rings. The number of carbonyl (C=O) groups is 3. The maximum Gasteiger partial charge on any atom is 0.355 e. The molecule has 3 aliphatic heterocycles. The van der Waals surface area contributed by atoms with Gasteiger partial charge in [-0.3, -0.25) is 29.3 Å². The van der Waals surface area contributed by atoms with E-state index < -0.39 is 48.4 Å². The lowest BCUT2D eigenvalue weighted by atomic mass is 9.88. The summed E-state index contributed by atoms with van der Waals surface area (Å²) in [5.41, 5.74) is 1.07. The smallest absolute Gasteiger partial charge is 0.355 e. The predicted molar refractivity (Wildman–Crippen MR) is 135 cm³/mol. The molecule has 3 atom stereocenters. The van der Waals surface area contributed by atoms with Crippen LogP contribution in [0.1, 0.15) is 30.0 Å². The molecular weight excluding hydrogens is 608 g/mol. The number of β-lactam (4-membered cyclic amide) rings is 1. The van der Waals surface area contributed by atoms with Gasteiger partial charge in [0.25, 0.3) is 11.6 Å². The van der Waals surface area contributed by atoms with Gasteiger partial charge in [-0.15, -0.1) is 11.8 Å². The maximum atomic E-state index is 13.4. The second-order valence-electron chi connectivity index (χ2n) is 8.80. The number of sulfone groups is 1. The first kappa shape index (κ1) is 26.4. The molecule has 2 aromatic rings. The maximum absolute atomic E-state index is 13.4. The number of thioether (sulfide) groups is 1. The van der Waals surface area contributed by atoms with Crippen molar-refractivity contribution in [1.82, 2.24) is 14.7 Å². The van der Waals surface area contributed by atoms with Crippen molar-refractivity contribution in [2.45, 2.75) is 41.6 Å². The van der Waals surface area contributed by atoms with Gasteiger partial charge < -0.3 is 9.47 Å². The van der Waals surface area contributed by atoms with E-state index in [9.17, 15) is 32.9 Å². The molecule has 5 rings (SSSR count). The molecule has 1 saturated heterocycles. The number of halogens is 1. The summed E-state index contributed by atoms with van der Waals surface area (Å²) in [5, 5.41) is 16.0. The van der Waals surface area contributed by atoms with Crippen molar-refractivity contribution in [1.29, 1.82) is 0 Å². The van der Waals surface area contributed by atoms with E-state index in [1.54, 1.807) is 0 Å². The number of nitro groups is 1. The molecule has 4 heterocycles. The molecule has 1 aromatic heterocycles. The summed E-state index contributed by atoms with van der Waals surface area (Å²) in [5.74, 6) is -2.28. The van der Waals surface area contributed by atoms with Gasteiger partial charge in [-0.05, 0) is 23.8 Å². The Hall–Kier alpha value is -3.24. The van der Waals surface area contributed by atoms with E-state index in [2.05, 4.69) is 21.0 Å². The number of nitrogens with zero attached hydrogens (tertiary/aromatic N) is 4. The minimum Gasteiger partial charge on any atom is -0.456 e. The highest BCUT2D eigenvalue weighted by molar-refractivity contribution is 9.10. The number of esters is 2. The second-order valence-corrected chi connectivity index (χ2v) is 13.3. The number of hydrogen-bond donors (Lipinski definition) is 0. The van der Waals surface area contributed by atoms with Crippen LogP contribution < -0.4 is 0 Å². The molecule has 0 N–H and O–H groups in total. The van der Waals surface area contributed by atoms with Gasteiger partial charge in [0.15, 0.2) is 20.3 Å². The van der Waals surface area contributed by atoms with Crippen LogP contribution in [0.3, 0.4) is 0 Å². The third kappa shape index (κ3) is 4.49. The molecule has 1 amide bonds. The van der Waals surface area contributed by atoms with Gasteiger partial charge in [0.2, 0.25) is 0 Å². The van der Waals surface area contributed by atoms with Crippen molar-refractivity contribution in [2.75, 3.05) is 5.75 Å². The lowest BCUT2D eigenvalue weighted by molar-refractivity contribution is -0.384. The minimum absolute atomic E-state index is 0.00112. The number of fused-ring (bicyclic) bond motifs is 2.